The van der Waals surface area contributed by atoms with Gasteiger partial charge in [-0.3, -0.25) is 4.90 Å². The fraction of sp³-hybridized carbons (Fsp3) is 1.00. The number of nitrogens with one attached hydrogen (secondary N) is 1. The molecule has 0 aromatic rings. The van der Waals surface area contributed by atoms with E-state index in [1.54, 1.807) is 0 Å². The molecule has 90 valence electrons. The van der Waals surface area contributed by atoms with E-state index >= 15 is 0 Å². The van der Waals surface area contributed by atoms with Crippen LogP contribution >= 0.6 is 0 Å². The minimum atomic E-state index is 0.579. The summed E-state index contributed by atoms with van der Waals surface area (Å²) in [5.41, 5.74) is 0. The maximum absolute atomic E-state index is 5.46. The molecule has 0 radical (unpaired) electrons. The summed E-state index contributed by atoms with van der Waals surface area (Å²) in [4.78, 5) is 2.51. The number of nitrogens with zero attached hydrogens (tertiary/aromatic N) is 1. The molecule has 1 aliphatic rings. The van der Waals surface area contributed by atoms with Gasteiger partial charge in [-0.2, -0.15) is 0 Å². The molecule has 0 spiro atoms. The molecule has 2 unspecified atom stereocenters. The summed E-state index contributed by atoms with van der Waals surface area (Å²) in [7, 11) is 2.07. The second-order valence-electron chi connectivity index (χ2n) is 4.70. The molecule has 0 aliphatic carbocycles. The summed E-state index contributed by atoms with van der Waals surface area (Å²) in [6, 6.07) is 1.21. The summed E-state index contributed by atoms with van der Waals surface area (Å²) in [6.45, 7) is 10.9. The quantitative estimate of drug-likeness (QED) is 0.722. The third kappa shape index (κ3) is 3.74. The summed E-state index contributed by atoms with van der Waals surface area (Å²) < 4.78 is 5.46. The molecule has 0 aromatic carbocycles. The Morgan fingerprint density at radius 1 is 1.47 bits per heavy atom. The first-order valence-electron chi connectivity index (χ1n) is 6.18. The molecular formula is C12H26N2O. The van der Waals surface area contributed by atoms with Gasteiger partial charge in [-0.25, -0.2) is 0 Å². The van der Waals surface area contributed by atoms with Crippen LogP contribution in [0.4, 0.5) is 0 Å². The Bertz CT molecular complexity index is 167. The van der Waals surface area contributed by atoms with Gasteiger partial charge in [0.15, 0.2) is 0 Å². The number of ether oxygens (including phenoxy) is 1. The molecule has 15 heavy (non-hydrogen) atoms. The van der Waals surface area contributed by atoms with Crippen LogP contribution in [0.25, 0.3) is 0 Å². The van der Waals surface area contributed by atoms with Crippen molar-refractivity contribution in [3.05, 3.63) is 0 Å². The van der Waals surface area contributed by atoms with Crippen LogP contribution in [0.2, 0.25) is 0 Å². The van der Waals surface area contributed by atoms with E-state index in [2.05, 4.69) is 38.0 Å². The van der Waals surface area contributed by atoms with Gasteiger partial charge in [0.2, 0.25) is 0 Å². The van der Waals surface area contributed by atoms with Gasteiger partial charge in [-0.1, -0.05) is 6.92 Å². The van der Waals surface area contributed by atoms with Gasteiger partial charge >= 0.3 is 0 Å². The number of likely N-dealkylation sites (N-methyl/N-ethyl adjacent to an activating group) is 2. The highest BCUT2D eigenvalue weighted by molar-refractivity contribution is 4.81. The van der Waals surface area contributed by atoms with E-state index < -0.39 is 0 Å². The summed E-state index contributed by atoms with van der Waals surface area (Å²) >= 11 is 0. The Morgan fingerprint density at radius 2 is 2.20 bits per heavy atom. The molecule has 1 heterocycles. The lowest BCUT2D eigenvalue weighted by atomic mass is 9.98. The standard InChI is InChI=1S/C12H26N2O/c1-5-14(10(2)3)8-12(13-4)11-6-7-15-9-11/h10-13H,5-9H2,1-4H3. The van der Waals surface area contributed by atoms with Gasteiger partial charge in [0.05, 0.1) is 6.61 Å². The molecule has 1 saturated heterocycles. The van der Waals surface area contributed by atoms with Crippen molar-refractivity contribution in [2.24, 2.45) is 5.92 Å². The van der Waals surface area contributed by atoms with Gasteiger partial charge < -0.3 is 10.1 Å². The highest BCUT2D eigenvalue weighted by atomic mass is 16.5. The van der Waals surface area contributed by atoms with E-state index in [9.17, 15) is 0 Å². The predicted octanol–water partition coefficient (Wildman–Crippen LogP) is 1.34. The summed E-state index contributed by atoms with van der Waals surface area (Å²) in [5.74, 6) is 0.697. The van der Waals surface area contributed by atoms with Crippen LogP contribution in [0.5, 0.6) is 0 Å². The van der Waals surface area contributed by atoms with Crippen LogP contribution in [-0.4, -0.2) is 50.3 Å². The van der Waals surface area contributed by atoms with Crippen LogP contribution in [0.1, 0.15) is 27.2 Å². The summed E-state index contributed by atoms with van der Waals surface area (Å²) in [6.07, 6.45) is 1.21. The van der Waals surface area contributed by atoms with Crippen LogP contribution in [0, 0.1) is 5.92 Å². The van der Waals surface area contributed by atoms with E-state index in [0.717, 1.165) is 26.3 Å². The van der Waals surface area contributed by atoms with E-state index in [4.69, 9.17) is 4.74 Å². The molecule has 0 amide bonds. The van der Waals surface area contributed by atoms with Crippen molar-refractivity contribution in [1.82, 2.24) is 10.2 Å². The van der Waals surface area contributed by atoms with Crippen LogP contribution in [-0.2, 0) is 4.74 Å². The van der Waals surface area contributed by atoms with E-state index in [1.165, 1.54) is 6.42 Å². The SMILES string of the molecule is CCN(CC(NC)C1CCOC1)C(C)C. The monoisotopic (exact) mass is 214 g/mol. The van der Waals surface area contributed by atoms with Crippen LogP contribution in [0.15, 0.2) is 0 Å². The number of rotatable bonds is 6. The first-order chi connectivity index (χ1) is 7.19. The van der Waals surface area contributed by atoms with Crippen molar-refractivity contribution >= 4 is 0 Å². The highest BCUT2D eigenvalue weighted by Gasteiger charge is 2.26. The van der Waals surface area contributed by atoms with Gasteiger partial charge in [-0.05, 0) is 33.9 Å². The zero-order valence-corrected chi connectivity index (χ0v) is 10.6. The molecule has 3 heteroatoms. The number of hydrogen-bond donors (Lipinski definition) is 1. The molecule has 1 N–H and O–H groups in total. The average molecular weight is 214 g/mol. The first-order valence-corrected chi connectivity index (χ1v) is 6.18. The minimum absolute atomic E-state index is 0.579. The third-order valence-electron chi connectivity index (χ3n) is 3.47. The van der Waals surface area contributed by atoms with E-state index in [-0.39, 0.29) is 0 Å². The first kappa shape index (κ1) is 12.9. The second-order valence-corrected chi connectivity index (χ2v) is 4.70. The Morgan fingerprint density at radius 3 is 2.60 bits per heavy atom. The van der Waals surface area contributed by atoms with Crippen molar-refractivity contribution in [2.75, 3.05) is 33.4 Å². The highest BCUT2D eigenvalue weighted by Crippen LogP contribution is 2.18. The molecule has 3 nitrogen and oxygen atoms in total. The molecule has 0 aromatic heterocycles. The number of hydrogen-bond acceptors (Lipinski definition) is 3. The van der Waals surface area contributed by atoms with Crippen LogP contribution < -0.4 is 5.32 Å². The molecule has 1 rings (SSSR count). The Balaban J connectivity index is 2.43. The zero-order valence-electron chi connectivity index (χ0n) is 10.6. The fourth-order valence-corrected chi connectivity index (χ4v) is 2.30. The Hall–Kier alpha value is -0.120. The maximum Gasteiger partial charge on any atom is 0.0510 e. The third-order valence-corrected chi connectivity index (χ3v) is 3.47. The van der Waals surface area contributed by atoms with Crippen molar-refractivity contribution in [3.63, 3.8) is 0 Å². The average Bonchev–Trinajstić information content (AvgIpc) is 2.72. The van der Waals surface area contributed by atoms with Gasteiger partial charge in [-0.15, -0.1) is 0 Å². The molecule has 1 fully saturated rings. The van der Waals surface area contributed by atoms with Gasteiger partial charge in [0.25, 0.3) is 0 Å². The second kappa shape index (κ2) is 6.46. The fourth-order valence-electron chi connectivity index (χ4n) is 2.30. The van der Waals surface area contributed by atoms with Crippen molar-refractivity contribution in [3.8, 4) is 0 Å². The van der Waals surface area contributed by atoms with Crippen molar-refractivity contribution < 1.29 is 4.74 Å². The molecule has 2 atom stereocenters. The van der Waals surface area contributed by atoms with E-state index in [1.807, 2.05) is 0 Å². The lowest BCUT2D eigenvalue weighted by molar-refractivity contribution is 0.154. The normalized spacial score (nSPS) is 24.0. The largest absolute Gasteiger partial charge is 0.381 e. The maximum atomic E-state index is 5.46. The van der Waals surface area contributed by atoms with Gasteiger partial charge in [0, 0.05) is 31.2 Å². The smallest absolute Gasteiger partial charge is 0.0510 e. The van der Waals surface area contributed by atoms with Crippen molar-refractivity contribution in [2.45, 2.75) is 39.3 Å². The predicted molar refractivity (Wildman–Crippen MR) is 64.2 cm³/mol. The zero-order chi connectivity index (χ0) is 11.3. The lowest BCUT2D eigenvalue weighted by Crippen LogP contribution is -2.46. The van der Waals surface area contributed by atoms with E-state index in [0.29, 0.717) is 18.0 Å². The molecular weight excluding hydrogens is 188 g/mol. The molecule has 0 bridgehead atoms. The molecule has 1 aliphatic heterocycles. The minimum Gasteiger partial charge on any atom is -0.381 e. The Labute approximate surface area is 94.2 Å². The molecule has 0 saturated carbocycles. The van der Waals surface area contributed by atoms with Crippen molar-refractivity contribution in [1.29, 1.82) is 0 Å². The van der Waals surface area contributed by atoms with Crippen LogP contribution in [0.3, 0.4) is 0 Å². The van der Waals surface area contributed by atoms with Gasteiger partial charge in [0.1, 0.15) is 0 Å². The Kier molecular flexibility index (Phi) is 5.58. The summed E-state index contributed by atoms with van der Waals surface area (Å²) in [5, 5.41) is 3.44. The lowest BCUT2D eigenvalue weighted by Gasteiger charge is -2.31. The topological polar surface area (TPSA) is 24.5 Å².